The highest BCUT2D eigenvalue weighted by atomic mass is 28.4. The van der Waals surface area contributed by atoms with Crippen molar-refractivity contribution in [3.05, 3.63) is 97.1 Å². The van der Waals surface area contributed by atoms with Gasteiger partial charge in [-0.2, -0.15) is 0 Å². The fourth-order valence-corrected chi connectivity index (χ4v) is 22.0. The van der Waals surface area contributed by atoms with Gasteiger partial charge < -0.3 is 35.4 Å². The summed E-state index contributed by atoms with van der Waals surface area (Å²) >= 11 is 0. The second-order valence-electron chi connectivity index (χ2n) is 14.3. The van der Waals surface area contributed by atoms with Crippen LogP contribution in [-0.2, 0) is 35.4 Å². The van der Waals surface area contributed by atoms with Crippen LogP contribution in [0.1, 0.15) is 55.4 Å². The molecule has 4 aromatic rings. The van der Waals surface area contributed by atoms with E-state index in [1.807, 2.05) is 55.4 Å². The lowest BCUT2D eigenvalue weighted by atomic mass is 10.3. The normalized spacial score (nSPS) is 13.0. The van der Waals surface area contributed by atoms with Crippen LogP contribution in [0.4, 0.5) is 0 Å². The van der Waals surface area contributed by atoms with Gasteiger partial charge in [0, 0.05) is 52.9 Å². The number of hydrogen-bond acceptors (Lipinski definition) is 8. The highest BCUT2D eigenvalue weighted by Gasteiger charge is 2.45. The van der Waals surface area contributed by atoms with Crippen LogP contribution in [0.2, 0.25) is 26.2 Å². The Labute approximate surface area is 349 Å². The van der Waals surface area contributed by atoms with Crippen molar-refractivity contribution in [2.45, 2.75) is 81.6 Å². The standard InChI is InChI=1S/C44H68O8Si5/c1-13-45-53(9,46-14-2)37-21-29-41(30-22-37)57(42-31-23-38(24-32-42)54(10,47-15-3)48-16-4,43-33-25-39(26-34-43)55(11,49-17-5)50-18-6)44-35-27-40(28-36-44)56(12,51-19-7)52-20-8/h21-36H,13-20H2,1-12H3. The molecule has 0 unspecified atom stereocenters. The molecule has 57 heavy (non-hydrogen) atoms. The summed E-state index contributed by atoms with van der Waals surface area (Å²) in [7, 11) is -13.6. The van der Waals surface area contributed by atoms with Gasteiger partial charge in [-0.05, 0) is 123 Å². The van der Waals surface area contributed by atoms with Crippen molar-refractivity contribution in [1.82, 2.24) is 0 Å². The molecule has 0 aromatic heterocycles. The molecule has 0 amide bonds. The first-order valence-electron chi connectivity index (χ1n) is 20.9. The molecule has 0 bridgehead atoms. The smallest absolute Gasteiger partial charge is 0.369 e. The molecular weight excluding hydrogens is 797 g/mol. The highest BCUT2D eigenvalue weighted by molar-refractivity contribution is 7.20. The van der Waals surface area contributed by atoms with E-state index in [0.717, 1.165) is 20.7 Å². The first-order chi connectivity index (χ1) is 27.3. The lowest BCUT2D eigenvalue weighted by Crippen LogP contribution is -2.75. The van der Waals surface area contributed by atoms with Gasteiger partial charge in [-0.1, -0.05) is 97.1 Å². The zero-order valence-corrected chi connectivity index (χ0v) is 41.7. The predicted molar refractivity (Wildman–Crippen MR) is 248 cm³/mol. The van der Waals surface area contributed by atoms with Gasteiger partial charge in [0.2, 0.25) is 0 Å². The minimum absolute atomic E-state index is 0.595. The van der Waals surface area contributed by atoms with Gasteiger partial charge in [0.05, 0.1) is 0 Å². The van der Waals surface area contributed by atoms with Crippen LogP contribution < -0.4 is 41.5 Å². The minimum atomic E-state index is -3.04. The number of benzene rings is 4. The zero-order valence-electron chi connectivity index (χ0n) is 36.7. The summed E-state index contributed by atoms with van der Waals surface area (Å²) in [4.78, 5) is 0. The monoisotopic (exact) mass is 864 g/mol. The molecule has 312 valence electrons. The molecule has 0 N–H and O–H groups in total. The third-order valence-electron chi connectivity index (χ3n) is 10.7. The maximum absolute atomic E-state index is 6.36. The van der Waals surface area contributed by atoms with E-state index >= 15 is 0 Å². The van der Waals surface area contributed by atoms with Crippen LogP contribution in [-0.4, -0.2) is 95.2 Å². The van der Waals surface area contributed by atoms with Crippen molar-refractivity contribution in [3.8, 4) is 0 Å². The van der Waals surface area contributed by atoms with Gasteiger partial charge in [0.15, 0.2) is 8.07 Å². The lowest BCUT2D eigenvalue weighted by Gasteiger charge is -2.36. The first kappa shape index (κ1) is 47.3. The molecule has 0 radical (unpaired) electrons. The van der Waals surface area contributed by atoms with Gasteiger partial charge >= 0.3 is 34.2 Å². The molecule has 0 heterocycles. The van der Waals surface area contributed by atoms with Gasteiger partial charge in [0.25, 0.3) is 0 Å². The fourth-order valence-electron chi connectivity index (χ4n) is 8.13. The molecule has 0 spiro atoms. The van der Waals surface area contributed by atoms with Crippen LogP contribution in [0.25, 0.3) is 0 Å². The Kier molecular flexibility index (Phi) is 17.6. The Hall–Kier alpha value is -2.36. The van der Waals surface area contributed by atoms with Crippen molar-refractivity contribution < 1.29 is 35.4 Å². The summed E-state index contributed by atoms with van der Waals surface area (Å²) in [5.74, 6) is 0. The second kappa shape index (κ2) is 21.2. The van der Waals surface area contributed by atoms with Crippen LogP contribution in [0.3, 0.4) is 0 Å². The highest BCUT2D eigenvalue weighted by Crippen LogP contribution is 2.16. The summed E-state index contributed by atoms with van der Waals surface area (Å²) in [6.07, 6.45) is 0. The Morgan fingerprint density at radius 3 is 0.491 bits per heavy atom. The minimum Gasteiger partial charge on any atom is -0.391 e. The van der Waals surface area contributed by atoms with Gasteiger partial charge in [-0.15, -0.1) is 0 Å². The van der Waals surface area contributed by atoms with E-state index in [-0.39, 0.29) is 0 Å². The average Bonchev–Trinajstić information content (AvgIpc) is 3.20. The molecule has 8 nitrogen and oxygen atoms in total. The molecule has 0 aliphatic carbocycles. The Morgan fingerprint density at radius 1 is 0.246 bits per heavy atom. The molecule has 13 heteroatoms. The Balaban J connectivity index is 2.10. The summed E-state index contributed by atoms with van der Waals surface area (Å²) in [6.45, 7) is 29.6. The predicted octanol–water partition coefficient (Wildman–Crippen LogP) is 4.47. The van der Waals surface area contributed by atoms with Crippen molar-refractivity contribution in [2.24, 2.45) is 0 Å². The molecule has 0 saturated carbocycles. The third kappa shape index (κ3) is 10.3. The van der Waals surface area contributed by atoms with Crippen LogP contribution in [0.5, 0.6) is 0 Å². The maximum atomic E-state index is 6.36. The lowest BCUT2D eigenvalue weighted by molar-refractivity contribution is 0.201. The van der Waals surface area contributed by atoms with Gasteiger partial charge in [0.1, 0.15) is 0 Å². The molecule has 0 aliphatic heterocycles. The number of rotatable bonds is 24. The first-order valence-corrected chi connectivity index (χ1v) is 32.2. The molecule has 4 rings (SSSR count). The van der Waals surface area contributed by atoms with Crippen molar-refractivity contribution >= 4 is 83.8 Å². The fraction of sp³-hybridized carbons (Fsp3) is 0.455. The van der Waals surface area contributed by atoms with E-state index in [2.05, 4.69) is 123 Å². The van der Waals surface area contributed by atoms with E-state index in [4.69, 9.17) is 35.4 Å². The Morgan fingerprint density at radius 2 is 0.368 bits per heavy atom. The van der Waals surface area contributed by atoms with Crippen molar-refractivity contribution in [2.75, 3.05) is 52.9 Å². The van der Waals surface area contributed by atoms with E-state index in [9.17, 15) is 0 Å². The largest absolute Gasteiger partial charge is 0.391 e. The molecule has 0 fully saturated rings. The van der Waals surface area contributed by atoms with Crippen molar-refractivity contribution in [1.29, 1.82) is 0 Å². The molecule has 0 aliphatic rings. The quantitative estimate of drug-likeness (QED) is 0.0756. The van der Waals surface area contributed by atoms with E-state index in [1.54, 1.807) is 0 Å². The van der Waals surface area contributed by atoms with E-state index in [1.165, 1.54) is 20.7 Å². The zero-order chi connectivity index (χ0) is 41.7. The SMILES string of the molecule is CCO[Si](C)(OCC)c1ccc([Si](c2ccc([Si](C)(OCC)OCC)cc2)(c2ccc([Si](C)(OCC)OCC)cc2)c2ccc([Si](C)(OCC)OCC)cc2)cc1. The third-order valence-corrected chi connectivity index (χ3v) is 27.8. The van der Waals surface area contributed by atoms with E-state index in [0.29, 0.717) is 52.9 Å². The second-order valence-corrected chi connectivity index (χ2v) is 30.3. The molecular formula is C44H68O8Si5. The summed E-state index contributed by atoms with van der Waals surface area (Å²) in [5, 5.41) is 9.45. The summed E-state index contributed by atoms with van der Waals surface area (Å²) < 4.78 is 50.9. The van der Waals surface area contributed by atoms with Gasteiger partial charge in [-0.3, -0.25) is 0 Å². The van der Waals surface area contributed by atoms with Crippen LogP contribution in [0, 0.1) is 0 Å². The van der Waals surface area contributed by atoms with E-state index < -0.39 is 42.3 Å². The molecule has 0 saturated heterocycles. The molecule has 4 aromatic carbocycles. The average molecular weight is 865 g/mol. The van der Waals surface area contributed by atoms with Gasteiger partial charge in [-0.25, -0.2) is 0 Å². The Bertz CT molecular complexity index is 1500. The topological polar surface area (TPSA) is 73.8 Å². The maximum Gasteiger partial charge on any atom is 0.369 e. The summed E-state index contributed by atoms with van der Waals surface area (Å²) in [5.41, 5.74) is 0. The molecule has 0 atom stereocenters. The number of hydrogen-bond donors (Lipinski definition) is 0. The van der Waals surface area contributed by atoms with Crippen LogP contribution in [0.15, 0.2) is 97.1 Å². The summed E-state index contributed by atoms with van der Waals surface area (Å²) in [6, 6.07) is 36.4. The van der Waals surface area contributed by atoms with Crippen molar-refractivity contribution in [3.63, 3.8) is 0 Å². The van der Waals surface area contributed by atoms with Crippen LogP contribution >= 0.6 is 0 Å².